The van der Waals surface area contributed by atoms with Crippen LogP contribution in [-0.4, -0.2) is 31.1 Å². The highest BCUT2D eigenvalue weighted by molar-refractivity contribution is 5.43. The number of anilines is 1. The molecule has 0 aliphatic carbocycles. The van der Waals surface area contributed by atoms with Gasteiger partial charge >= 0.3 is 0 Å². The molecule has 2 heteroatoms. The molecular weight excluding hydrogens is 184 g/mol. The van der Waals surface area contributed by atoms with Gasteiger partial charge in [-0.05, 0) is 38.1 Å². The lowest BCUT2D eigenvalue weighted by Gasteiger charge is -2.35. The third kappa shape index (κ3) is 2.72. The molecule has 1 saturated heterocycles. The van der Waals surface area contributed by atoms with E-state index in [1.807, 2.05) is 0 Å². The molecule has 1 aliphatic rings. The van der Waals surface area contributed by atoms with Crippen LogP contribution in [0.4, 0.5) is 5.69 Å². The van der Waals surface area contributed by atoms with Gasteiger partial charge in [-0.1, -0.05) is 25.1 Å². The van der Waals surface area contributed by atoms with Crippen LogP contribution in [0, 0.1) is 5.92 Å². The Balaban J connectivity index is 1.95. The van der Waals surface area contributed by atoms with Crippen molar-refractivity contribution in [2.75, 3.05) is 25.5 Å². The van der Waals surface area contributed by atoms with Crippen LogP contribution < -0.4 is 5.32 Å². The predicted octanol–water partition coefficient (Wildman–Crippen LogP) is 2.44. The Morgan fingerprint density at radius 1 is 1.27 bits per heavy atom. The van der Waals surface area contributed by atoms with Gasteiger partial charge in [-0.2, -0.15) is 0 Å². The Kier molecular flexibility index (Phi) is 3.27. The van der Waals surface area contributed by atoms with Crippen LogP contribution in [0.15, 0.2) is 30.3 Å². The van der Waals surface area contributed by atoms with E-state index in [-0.39, 0.29) is 0 Å². The SMILES string of the molecule is C[C@@H]1CN(C)CC[C@H]1Nc1ccccc1. The first kappa shape index (κ1) is 10.5. The molecule has 2 rings (SSSR count). The number of piperidine rings is 1. The molecule has 1 heterocycles. The maximum absolute atomic E-state index is 3.62. The summed E-state index contributed by atoms with van der Waals surface area (Å²) in [7, 11) is 2.20. The quantitative estimate of drug-likeness (QED) is 0.796. The van der Waals surface area contributed by atoms with Gasteiger partial charge in [-0.15, -0.1) is 0 Å². The topological polar surface area (TPSA) is 15.3 Å². The van der Waals surface area contributed by atoms with Crippen LogP contribution in [0.3, 0.4) is 0 Å². The van der Waals surface area contributed by atoms with Crippen LogP contribution in [-0.2, 0) is 0 Å². The zero-order chi connectivity index (χ0) is 10.7. The van der Waals surface area contributed by atoms with Crippen LogP contribution in [0.5, 0.6) is 0 Å². The van der Waals surface area contributed by atoms with Gasteiger partial charge in [0, 0.05) is 18.3 Å². The second-order valence-electron chi connectivity index (χ2n) is 4.65. The molecular formula is C13H20N2. The average molecular weight is 204 g/mol. The van der Waals surface area contributed by atoms with E-state index in [9.17, 15) is 0 Å². The molecule has 1 aliphatic heterocycles. The average Bonchev–Trinajstić information content (AvgIpc) is 2.24. The lowest BCUT2D eigenvalue weighted by molar-refractivity contribution is 0.206. The maximum atomic E-state index is 3.62. The van der Waals surface area contributed by atoms with E-state index in [0.29, 0.717) is 6.04 Å². The summed E-state index contributed by atoms with van der Waals surface area (Å²) in [4.78, 5) is 2.41. The number of hydrogen-bond donors (Lipinski definition) is 1. The minimum atomic E-state index is 0.628. The summed E-state index contributed by atoms with van der Waals surface area (Å²) in [6, 6.07) is 11.1. The molecule has 0 amide bonds. The summed E-state index contributed by atoms with van der Waals surface area (Å²) in [6.07, 6.45) is 1.24. The molecule has 0 unspecified atom stereocenters. The number of para-hydroxylation sites is 1. The molecule has 0 radical (unpaired) electrons. The van der Waals surface area contributed by atoms with Crippen molar-refractivity contribution in [2.45, 2.75) is 19.4 Å². The van der Waals surface area contributed by atoms with Gasteiger partial charge in [0.25, 0.3) is 0 Å². The Bertz CT molecular complexity index is 297. The van der Waals surface area contributed by atoms with E-state index in [0.717, 1.165) is 5.92 Å². The molecule has 0 saturated carbocycles. The summed E-state index contributed by atoms with van der Waals surface area (Å²) in [6.45, 7) is 4.73. The van der Waals surface area contributed by atoms with Crippen molar-refractivity contribution in [1.29, 1.82) is 0 Å². The summed E-state index contributed by atoms with van der Waals surface area (Å²) in [5.41, 5.74) is 1.25. The molecule has 2 atom stereocenters. The normalized spacial score (nSPS) is 27.6. The summed E-state index contributed by atoms with van der Waals surface area (Å²) in [5.74, 6) is 0.726. The first-order chi connectivity index (χ1) is 7.25. The van der Waals surface area contributed by atoms with Gasteiger partial charge < -0.3 is 10.2 Å². The zero-order valence-electron chi connectivity index (χ0n) is 9.61. The summed E-state index contributed by atoms with van der Waals surface area (Å²) in [5, 5.41) is 3.62. The molecule has 1 fully saturated rings. The van der Waals surface area contributed by atoms with Gasteiger partial charge in [0.15, 0.2) is 0 Å². The van der Waals surface area contributed by atoms with E-state index in [1.165, 1.54) is 25.2 Å². The van der Waals surface area contributed by atoms with Gasteiger partial charge in [0.1, 0.15) is 0 Å². The third-order valence-electron chi connectivity index (χ3n) is 3.23. The first-order valence-corrected chi connectivity index (χ1v) is 5.76. The molecule has 0 spiro atoms. The van der Waals surface area contributed by atoms with Crippen molar-refractivity contribution in [3.05, 3.63) is 30.3 Å². The fourth-order valence-corrected chi connectivity index (χ4v) is 2.32. The summed E-state index contributed by atoms with van der Waals surface area (Å²) >= 11 is 0. The maximum Gasteiger partial charge on any atom is 0.0342 e. The van der Waals surface area contributed by atoms with Gasteiger partial charge in [-0.25, -0.2) is 0 Å². The first-order valence-electron chi connectivity index (χ1n) is 5.76. The highest BCUT2D eigenvalue weighted by Crippen LogP contribution is 2.19. The lowest BCUT2D eigenvalue weighted by atomic mass is 9.94. The van der Waals surface area contributed by atoms with Crippen LogP contribution >= 0.6 is 0 Å². The molecule has 2 nitrogen and oxygen atoms in total. The molecule has 1 N–H and O–H groups in total. The Labute approximate surface area is 92.3 Å². The molecule has 1 aromatic rings. The monoisotopic (exact) mass is 204 g/mol. The van der Waals surface area contributed by atoms with Gasteiger partial charge in [0.2, 0.25) is 0 Å². The van der Waals surface area contributed by atoms with E-state index in [1.54, 1.807) is 0 Å². The molecule has 0 aromatic heterocycles. The number of hydrogen-bond acceptors (Lipinski definition) is 2. The Morgan fingerprint density at radius 3 is 2.67 bits per heavy atom. The van der Waals surface area contributed by atoms with Crippen molar-refractivity contribution >= 4 is 5.69 Å². The second kappa shape index (κ2) is 4.67. The van der Waals surface area contributed by atoms with Crippen LogP contribution in [0.25, 0.3) is 0 Å². The van der Waals surface area contributed by atoms with E-state index in [2.05, 4.69) is 54.5 Å². The van der Waals surface area contributed by atoms with E-state index in [4.69, 9.17) is 0 Å². The minimum Gasteiger partial charge on any atom is -0.382 e. The number of nitrogens with zero attached hydrogens (tertiary/aromatic N) is 1. The smallest absolute Gasteiger partial charge is 0.0342 e. The van der Waals surface area contributed by atoms with Gasteiger partial charge in [0.05, 0.1) is 0 Å². The van der Waals surface area contributed by atoms with Crippen LogP contribution in [0.1, 0.15) is 13.3 Å². The number of likely N-dealkylation sites (tertiary alicyclic amines) is 1. The lowest BCUT2D eigenvalue weighted by Crippen LogP contribution is -2.43. The zero-order valence-corrected chi connectivity index (χ0v) is 9.61. The number of rotatable bonds is 2. The molecule has 15 heavy (non-hydrogen) atoms. The summed E-state index contributed by atoms with van der Waals surface area (Å²) < 4.78 is 0. The largest absolute Gasteiger partial charge is 0.382 e. The fourth-order valence-electron chi connectivity index (χ4n) is 2.32. The second-order valence-corrected chi connectivity index (χ2v) is 4.65. The highest BCUT2D eigenvalue weighted by Gasteiger charge is 2.23. The van der Waals surface area contributed by atoms with Crippen molar-refractivity contribution in [1.82, 2.24) is 4.90 Å². The third-order valence-corrected chi connectivity index (χ3v) is 3.23. The highest BCUT2D eigenvalue weighted by atomic mass is 15.1. The van der Waals surface area contributed by atoms with Crippen molar-refractivity contribution in [3.63, 3.8) is 0 Å². The Hall–Kier alpha value is -1.02. The molecule has 0 bridgehead atoms. The van der Waals surface area contributed by atoms with Crippen molar-refractivity contribution in [2.24, 2.45) is 5.92 Å². The molecule has 1 aromatic carbocycles. The van der Waals surface area contributed by atoms with Crippen molar-refractivity contribution < 1.29 is 0 Å². The number of benzene rings is 1. The van der Waals surface area contributed by atoms with Crippen molar-refractivity contribution in [3.8, 4) is 0 Å². The minimum absolute atomic E-state index is 0.628. The molecule has 82 valence electrons. The van der Waals surface area contributed by atoms with E-state index >= 15 is 0 Å². The van der Waals surface area contributed by atoms with E-state index < -0.39 is 0 Å². The van der Waals surface area contributed by atoms with Gasteiger partial charge in [-0.3, -0.25) is 0 Å². The standard InChI is InChI=1S/C13H20N2/c1-11-10-15(2)9-8-13(11)14-12-6-4-3-5-7-12/h3-7,11,13-14H,8-10H2,1-2H3/t11-,13-/m1/s1. The fraction of sp³-hybridized carbons (Fsp3) is 0.538. The van der Waals surface area contributed by atoms with Crippen LogP contribution in [0.2, 0.25) is 0 Å². The Morgan fingerprint density at radius 2 is 2.00 bits per heavy atom. The predicted molar refractivity (Wildman–Crippen MR) is 65.1 cm³/mol. The number of nitrogens with one attached hydrogen (secondary N) is 1.